The van der Waals surface area contributed by atoms with Crippen LogP contribution in [0.25, 0.3) is 0 Å². The fraction of sp³-hybridized carbons (Fsp3) is 0.562. The number of rotatable bonds is 5. The average Bonchev–Trinajstić information content (AvgIpc) is 2.40. The van der Waals surface area contributed by atoms with Crippen molar-refractivity contribution in [3.63, 3.8) is 0 Å². The highest BCUT2D eigenvalue weighted by Crippen LogP contribution is 2.25. The van der Waals surface area contributed by atoms with Gasteiger partial charge in [-0.2, -0.15) is 0 Å². The Morgan fingerprint density at radius 2 is 2.06 bits per heavy atom. The molecular formula is C16H22O2. The summed E-state index contributed by atoms with van der Waals surface area (Å²) in [5.41, 5.74) is 1.19. The molecule has 0 spiro atoms. The standard InChI is InChI=1S/C16H22O2/c1-13-6-5-9-15(12-13)18-11-10-16(17)14-7-3-2-4-8-14/h5-6,9,12,14H,2-4,7-8,10-11H2,1H3. The molecule has 0 bridgehead atoms. The predicted molar refractivity (Wildman–Crippen MR) is 72.9 cm³/mol. The molecule has 0 atom stereocenters. The number of benzene rings is 1. The highest BCUT2D eigenvalue weighted by molar-refractivity contribution is 5.81. The van der Waals surface area contributed by atoms with Crippen molar-refractivity contribution < 1.29 is 9.53 Å². The molecule has 1 aromatic carbocycles. The van der Waals surface area contributed by atoms with Gasteiger partial charge in [-0.15, -0.1) is 0 Å². The summed E-state index contributed by atoms with van der Waals surface area (Å²) in [5.74, 6) is 1.56. The van der Waals surface area contributed by atoms with Crippen molar-refractivity contribution in [1.82, 2.24) is 0 Å². The minimum absolute atomic E-state index is 0.305. The molecule has 0 heterocycles. The molecule has 0 radical (unpaired) electrons. The Morgan fingerprint density at radius 1 is 1.28 bits per heavy atom. The van der Waals surface area contributed by atoms with E-state index in [-0.39, 0.29) is 0 Å². The second-order valence-electron chi connectivity index (χ2n) is 5.22. The summed E-state index contributed by atoms with van der Waals surface area (Å²) in [6.45, 7) is 2.55. The molecule has 1 aliphatic carbocycles. The van der Waals surface area contributed by atoms with Crippen LogP contribution in [-0.2, 0) is 4.79 Å². The summed E-state index contributed by atoms with van der Waals surface area (Å²) < 4.78 is 5.63. The van der Waals surface area contributed by atoms with Crippen LogP contribution in [0.15, 0.2) is 24.3 Å². The number of aryl methyl sites for hydroxylation is 1. The van der Waals surface area contributed by atoms with Crippen LogP contribution in [0, 0.1) is 12.8 Å². The number of hydrogen-bond acceptors (Lipinski definition) is 2. The van der Waals surface area contributed by atoms with E-state index >= 15 is 0 Å². The first-order chi connectivity index (χ1) is 8.75. The molecule has 0 aliphatic heterocycles. The van der Waals surface area contributed by atoms with Crippen LogP contribution in [0.1, 0.15) is 44.1 Å². The predicted octanol–water partition coefficient (Wildman–Crippen LogP) is 3.91. The highest BCUT2D eigenvalue weighted by atomic mass is 16.5. The minimum Gasteiger partial charge on any atom is -0.493 e. The number of hydrogen-bond donors (Lipinski definition) is 0. The third-order valence-corrected chi connectivity index (χ3v) is 3.67. The average molecular weight is 246 g/mol. The number of ether oxygens (including phenoxy) is 1. The molecule has 1 saturated carbocycles. The van der Waals surface area contributed by atoms with Gasteiger partial charge >= 0.3 is 0 Å². The Hall–Kier alpha value is -1.31. The Labute approximate surface area is 109 Å². The molecule has 1 fully saturated rings. The fourth-order valence-corrected chi connectivity index (χ4v) is 2.60. The van der Waals surface area contributed by atoms with E-state index in [1.165, 1.54) is 24.8 Å². The molecule has 98 valence electrons. The molecule has 0 N–H and O–H groups in total. The molecule has 18 heavy (non-hydrogen) atoms. The van der Waals surface area contributed by atoms with Gasteiger partial charge in [0.1, 0.15) is 11.5 Å². The van der Waals surface area contributed by atoms with E-state index in [9.17, 15) is 4.79 Å². The zero-order valence-corrected chi connectivity index (χ0v) is 11.2. The van der Waals surface area contributed by atoms with Crippen LogP contribution in [0.5, 0.6) is 5.75 Å². The van der Waals surface area contributed by atoms with Crippen molar-refractivity contribution in [2.45, 2.75) is 45.4 Å². The van der Waals surface area contributed by atoms with Gasteiger partial charge < -0.3 is 4.74 Å². The minimum atomic E-state index is 0.305. The Morgan fingerprint density at radius 3 is 2.78 bits per heavy atom. The Balaban J connectivity index is 1.73. The Bertz CT molecular complexity index is 392. The SMILES string of the molecule is Cc1cccc(OCCC(=O)C2CCCCC2)c1. The van der Waals surface area contributed by atoms with E-state index in [1.807, 2.05) is 31.2 Å². The molecule has 1 aromatic rings. The van der Waals surface area contributed by atoms with Gasteiger partial charge in [0.05, 0.1) is 6.61 Å². The summed E-state index contributed by atoms with van der Waals surface area (Å²) in [5, 5.41) is 0. The van der Waals surface area contributed by atoms with Gasteiger partial charge in [0.2, 0.25) is 0 Å². The van der Waals surface area contributed by atoms with Crippen LogP contribution < -0.4 is 4.74 Å². The molecule has 2 rings (SSSR count). The first-order valence-corrected chi connectivity index (χ1v) is 6.98. The highest BCUT2D eigenvalue weighted by Gasteiger charge is 2.20. The van der Waals surface area contributed by atoms with E-state index in [0.717, 1.165) is 18.6 Å². The first-order valence-electron chi connectivity index (χ1n) is 6.98. The van der Waals surface area contributed by atoms with Crippen molar-refractivity contribution in [2.24, 2.45) is 5.92 Å². The molecule has 2 nitrogen and oxygen atoms in total. The smallest absolute Gasteiger partial charge is 0.139 e. The van der Waals surface area contributed by atoms with Gasteiger partial charge in [-0.1, -0.05) is 31.4 Å². The molecule has 0 unspecified atom stereocenters. The zero-order valence-electron chi connectivity index (χ0n) is 11.2. The topological polar surface area (TPSA) is 26.3 Å². The van der Waals surface area contributed by atoms with Crippen LogP contribution in [0.2, 0.25) is 0 Å². The maximum Gasteiger partial charge on any atom is 0.139 e. The van der Waals surface area contributed by atoms with E-state index in [2.05, 4.69) is 0 Å². The van der Waals surface area contributed by atoms with Crippen LogP contribution in [0.3, 0.4) is 0 Å². The molecule has 0 amide bonds. The van der Waals surface area contributed by atoms with Crippen molar-refractivity contribution in [2.75, 3.05) is 6.61 Å². The van der Waals surface area contributed by atoms with Crippen molar-refractivity contribution in [1.29, 1.82) is 0 Å². The van der Waals surface area contributed by atoms with Gasteiger partial charge in [0, 0.05) is 12.3 Å². The first kappa shape index (κ1) is 13.1. The summed E-state index contributed by atoms with van der Waals surface area (Å²) in [4.78, 5) is 12.0. The fourth-order valence-electron chi connectivity index (χ4n) is 2.60. The molecular weight excluding hydrogens is 224 g/mol. The number of carbonyl (C=O) groups excluding carboxylic acids is 1. The van der Waals surface area contributed by atoms with E-state index in [4.69, 9.17) is 4.74 Å². The van der Waals surface area contributed by atoms with Gasteiger partial charge in [-0.25, -0.2) is 0 Å². The second kappa shape index (κ2) is 6.58. The van der Waals surface area contributed by atoms with Gasteiger partial charge in [-0.3, -0.25) is 4.79 Å². The summed E-state index contributed by atoms with van der Waals surface area (Å²) >= 11 is 0. The lowest BCUT2D eigenvalue weighted by atomic mass is 9.85. The number of Topliss-reactive ketones (excluding diaryl/α,β-unsaturated/α-hetero) is 1. The maximum absolute atomic E-state index is 12.0. The van der Waals surface area contributed by atoms with E-state index in [0.29, 0.717) is 24.7 Å². The number of ketones is 1. The molecule has 2 heteroatoms. The molecule has 0 saturated heterocycles. The lowest BCUT2D eigenvalue weighted by molar-refractivity contribution is -0.124. The van der Waals surface area contributed by atoms with Crippen LogP contribution >= 0.6 is 0 Å². The normalized spacial score (nSPS) is 16.5. The van der Waals surface area contributed by atoms with E-state index < -0.39 is 0 Å². The van der Waals surface area contributed by atoms with Crippen molar-refractivity contribution in [3.05, 3.63) is 29.8 Å². The van der Waals surface area contributed by atoms with E-state index in [1.54, 1.807) is 0 Å². The maximum atomic E-state index is 12.0. The third kappa shape index (κ3) is 3.86. The van der Waals surface area contributed by atoms with Crippen molar-refractivity contribution in [3.8, 4) is 5.75 Å². The summed E-state index contributed by atoms with van der Waals surface area (Å²) in [6, 6.07) is 7.97. The van der Waals surface area contributed by atoms with Crippen LogP contribution in [0.4, 0.5) is 0 Å². The lowest BCUT2D eigenvalue weighted by Gasteiger charge is -2.20. The summed E-state index contributed by atoms with van der Waals surface area (Å²) in [6.07, 6.45) is 6.46. The molecule has 0 aromatic heterocycles. The second-order valence-corrected chi connectivity index (χ2v) is 5.22. The van der Waals surface area contributed by atoms with Gasteiger partial charge in [0.15, 0.2) is 0 Å². The molecule has 1 aliphatic rings. The van der Waals surface area contributed by atoms with Gasteiger partial charge in [-0.05, 0) is 37.5 Å². The largest absolute Gasteiger partial charge is 0.493 e. The monoisotopic (exact) mass is 246 g/mol. The quantitative estimate of drug-likeness (QED) is 0.787. The Kier molecular flexibility index (Phi) is 4.80. The van der Waals surface area contributed by atoms with Gasteiger partial charge in [0.25, 0.3) is 0 Å². The third-order valence-electron chi connectivity index (χ3n) is 3.67. The van der Waals surface area contributed by atoms with Crippen molar-refractivity contribution >= 4 is 5.78 Å². The lowest BCUT2D eigenvalue weighted by Crippen LogP contribution is -2.19. The van der Waals surface area contributed by atoms with Crippen LogP contribution in [-0.4, -0.2) is 12.4 Å². The summed E-state index contributed by atoms with van der Waals surface area (Å²) in [7, 11) is 0. The number of carbonyl (C=O) groups is 1. The zero-order chi connectivity index (χ0) is 12.8.